The zero-order valence-corrected chi connectivity index (χ0v) is 8.06. The molecule has 0 amide bonds. The highest BCUT2D eigenvalue weighted by molar-refractivity contribution is 7.93. The van der Waals surface area contributed by atoms with Crippen LogP contribution in [0.2, 0.25) is 0 Å². The maximum Gasteiger partial charge on any atom is 0.235 e. The Labute approximate surface area is 76.6 Å². The Balaban J connectivity index is 2.18. The number of anilines is 1. The molecule has 2 N–H and O–H groups in total. The van der Waals surface area contributed by atoms with Gasteiger partial charge in [0.15, 0.2) is 0 Å². The van der Waals surface area contributed by atoms with Gasteiger partial charge in [-0.1, -0.05) is 0 Å². The summed E-state index contributed by atoms with van der Waals surface area (Å²) in [5.74, 6) is 0. The SMILES string of the molecule is Cc1[nH]ncc1NS(=O)(=O)C1CC1. The van der Waals surface area contributed by atoms with Crippen LogP contribution in [0.4, 0.5) is 5.69 Å². The normalized spacial score (nSPS) is 17.3. The summed E-state index contributed by atoms with van der Waals surface area (Å²) in [6, 6.07) is 0. The van der Waals surface area contributed by atoms with Gasteiger partial charge >= 0.3 is 0 Å². The number of hydrogen-bond acceptors (Lipinski definition) is 3. The summed E-state index contributed by atoms with van der Waals surface area (Å²) in [5.41, 5.74) is 1.29. The molecule has 0 bridgehead atoms. The van der Waals surface area contributed by atoms with Crippen molar-refractivity contribution in [3.8, 4) is 0 Å². The van der Waals surface area contributed by atoms with Gasteiger partial charge in [-0.05, 0) is 19.8 Å². The highest BCUT2D eigenvalue weighted by Crippen LogP contribution is 2.29. The van der Waals surface area contributed by atoms with E-state index in [2.05, 4.69) is 14.9 Å². The molecule has 0 radical (unpaired) electrons. The van der Waals surface area contributed by atoms with Crippen LogP contribution >= 0.6 is 0 Å². The average Bonchev–Trinajstić information content (AvgIpc) is 2.80. The standard InChI is InChI=1S/C7H11N3O2S/c1-5-7(4-8-9-5)10-13(11,12)6-2-3-6/h4,6,10H,2-3H2,1H3,(H,8,9). The van der Waals surface area contributed by atoms with E-state index in [9.17, 15) is 8.42 Å². The lowest BCUT2D eigenvalue weighted by Gasteiger charge is -2.04. The summed E-state index contributed by atoms with van der Waals surface area (Å²) < 4.78 is 25.4. The molecule has 1 aromatic heterocycles. The van der Waals surface area contributed by atoms with Crippen molar-refractivity contribution in [2.45, 2.75) is 25.0 Å². The average molecular weight is 201 g/mol. The van der Waals surface area contributed by atoms with Crippen LogP contribution in [0.1, 0.15) is 18.5 Å². The summed E-state index contributed by atoms with van der Waals surface area (Å²) >= 11 is 0. The molecule has 1 fully saturated rings. The first-order valence-corrected chi connectivity index (χ1v) is 5.66. The molecule has 0 aliphatic heterocycles. The third-order valence-electron chi connectivity index (χ3n) is 2.05. The van der Waals surface area contributed by atoms with Crippen molar-refractivity contribution in [1.29, 1.82) is 0 Å². The molecule has 6 heteroatoms. The topological polar surface area (TPSA) is 74.8 Å². The van der Waals surface area contributed by atoms with Crippen molar-refractivity contribution < 1.29 is 8.42 Å². The van der Waals surface area contributed by atoms with Gasteiger partial charge in [0.05, 0.1) is 22.8 Å². The van der Waals surface area contributed by atoms with E-state index in [1.54, 1.807) is 6.92 Å². The second-order valence-corrected chi connectivity index (χ2v) is 5.22. The first kappa shape index (κ1) is 8.55. The summed E-state index contributed by atoms with van der Waals surface area (Å²) in [4.78, 5) is 0. The lowest BCUT2D eigenvalue weighted by Crippen LogP contribution is -2.17. The molecule has 5 nitrogen and oxygen atoms in total. The lowest BCUT2D eigenvalue weighted by molar-refractivity contribution is 0.600. The van der Waals surface area contributed by atoms with Gasteiger partial charge in [-0.3, -0.25) is 9.82 Å². The smallest absolute Gasteiger partial charge is 0.235 e. The molecule has 72 valence electrons. The van der Waals surface area contributed by atoms with Crippen molar-refractivity contribution in [3.63, 3.8) is 0 Å². The number of rotatable bonds is 3. The summed E-state index contributed by atoms with van der Waals surface area (Å²) in [7, 11) is -3.14. The second kappa shape index (κ2) is 2.73. The van der Waals surface area contributed by atoms with Crippen LogP contribution in [-0.2, 0) is 10.0 Å². The van der Waals surface area contributed by atoms with Crippen molar-refractivity contribution in [2.75, 3.05) is 4.72 Å². The molecule has 0 unspecified atom stereocenters. The van der Waals surface area contributed by atoms with E-state index in [1.807, 2.05) is 0 Å². The largest absolute Gasteiger partial charge is 0.281 e. The van der Waals surface area contributed by atoms with Gasteiger partial charge < -0.3 is 0 Å². The van der Waals surface area contributed by atoms with Crippen molar-refractivity contribution in [1.82, 2.24) is 10.2 Å². The molecule has 2 rings (SSSR count). The third-order valence-corrected chi connectivity index (χ3v) is 3.90. The molecule has 13 heavy (non-hydrogen) atoms. The molecule has 1 aliphatic carbocycles. The van der Waals surface area contributed by atoms with E-state index in [1.165, 1.54) is 6.20 Å². The Hall–Kier alpha value is -1.04. The van der Waals surface area contributed by atoms with Crippen molar-refractivity contribution >= 4 is 15.7 Å². The number of sulfonamides is 1. The maximum absolute atomic E-state index is 11.5. The Morgan fingerprint density at radius 2 is 2.31 bits per heavy atom. The predicted molar refractivity (Wildman–Crippen MR) is 48.9 cm³/mol. The lowest BCUT2D eigenvalue weighted by atomic mass is 10.4. The van der Waals surface area contributed by atoms with Gasteiger partial charge in [0.25, 0.3) is 0 Å². The molecule has 1 saturated carbocycles. The van der Waals surface area contributed by atoms with E-state index in [4.69, 9.17) is 0 Å². The highest BCUT2D eigenvalue weighted by Gasteiger charge is 2.36. The van der Waals surface area contributed by atoms with Gasteiger partial charge in [0.2, 0.25) is 10.0 Å². The molecule has 0 spiro atoms. The zero-order chi connectivity index (χ0) is 9.47. The molecular formula is C7H11N3O2S. The summed E-state index contributed by atoms with van der Waals surface area (Å²) in [6.45, 7) is 1.78. The minimum absolute atomic E-state index is 0.193. The first-order chi connectivity index (χ1) is 6.09. The first-order valence-electron chi connectivity index (χ1n) is 4.11. The third kappa shape index (κ3) is 1.67. The van der Waals surface area contributed by atoms with E-state index in [0.29, 0.717) is 5.69 Å². The van der Waals surface area contributed by atoms with E-state index in [-0.39, 0.29) is 5.25 Å². The zero-order valence-electron chi connectivity index (χ0n) is 7.24. The van der Waals surface area contributed by atoms with Gasteiger partial charge in [-0.15, -0.1) is 0 Å². The Morgan fingerprint density at radius 1 is 1.62 bits per heavy atom. The van der Waals surface area contributed by atoms with Crippen LogP contribution in [0, 0.1) is 6.92 Å². The van der Waals surface area contributed by atoms with Crippen molar-refractivity contribution in [3.05, 3.63) is 11.9 Å². The molecule has 0 aromatic carbocycles. The number of aryl methyl sites for hydroxylation is 1. The summed E-state index contributed by atoms with van der Waals surface area (Å²) in [6.07, 6.45) is 3.02. The van der Waals surface area contributed by atoms with Crippen LogP contribution in [0.15, 0.2) is 6.20 Å². The van der Waals surface area contributed by atoms with Crippen LogP contribution in [0.3, 0.4) is 0 Å². The Morgan fingerprint density at radius 3 is 2.77 bits per heavy atom. The minimum atomic E-state index is -3.14. The van der Waals surface area contributed by atoms with Crippen LogP contribution < -0.4 is 4.72 Å². The predicted octanol–water partition coefficient (Wildman–Crippen LogP) is 0.622. The number of hydrogen-bond donors (Lipinski definition) is 2. The highest BCUT2D eigenvalue weighted by atomic mass is 32.2. The fourth-order valence-corrected chi connectivity index (χ4v) is 2.50. The molecular weight excluding hydrogens is 190 g/mol. The number of aromatic nitrogens is 2. The molecule has 0 atom stereocenters. The van der Waals surface area contributed by atoms with Gasteiger partial charge in [0, 0.05) is 0 Å². The minimum Gasteiger partial charge on any atom is -0.281 e. The Bertz CT molecular complexity index is 405. The second-order valence-electron chi connectivity index (χ2n) is 3.26. The van der Waals surface area contributed by atoms with Crippen LogP contribution in [0.5, 0.6) is 0 Å². The van der Waals surface area contributed by atoms with Gasteiger partial charge in [-0.25, -0.2) is 8.42 Å². The quantitative estimate of drug-likeness (QED) is 0.752. The molecule has 1 aliphatic rings. The fourth-order valence-electron chi connectivity index (χ4n) is 1.07. The van der Waals surface area contributed by atoms with E-state index in [0.717, 1.165) is 18.5 Å². The van der Waals surface area contributed by atoms with Gasteiger partial charge in [0.1, 0.15) is 0 Å². The van der Waals surface area contributed by atoms with Crippen LogP contribution in [-0.4, -0.2) is 23.9 Å². The maximum atomic E-state index is 11.5. The number of nitrogens with zero attached hydrogens (tertiary/aromatic N) is 1. The number of H-pyrrole nitrogens is 1. The monoisotopic (exact) mass is 201 g/mol. The van der Waals surface area contributed by atoms with E-state index >= 15 is 0 Å². The van der Waals surface area contributed by atoms with Gasteiger partial charge in [-0.2, -0.15) is 5.10 Å². The number of nitrogens with one attached hydrogen (secondary N) is 2. The van der Waals surface area contributed by atoms with E-state index < -0.39 is 10.0 Å². The van der Waals surface area contributed by atoms with Crippen molar-refractivity contribution in [2.24, 2.45) is 0 Å². The Kier molecular flexibility index (Phi) is 1.80. The summed E-state index contributed by atoms with van der Waals surface area (Å²) in [5, 5.41) is 6.21. The van der Waals surface area contributed by atoms with Crippen LogP contribution in [0.25, 0.3) is 0 Å². The molecule has 1 heterocycles. The fraction of sp³-hybridized carbons (Fsp3) is 0.571. The molecule has 0 saturated heterocycles. The molecule has 1 aromatic rings. The number of aromatic amines is 1.